The van der Waals surface area contributed by atoms with E-state index in [0.717, 1.165) is 0 Å². The fraction of sp³-hybridized carbons (Fsp3) is 0.250. The minimum Gasteiger partial charge on any atom is -0.364 e. The van der Waals surface area contributed by atoms with Gasteiger partial charge in [0, 0.05) is 20.6 Å². The average Bonchev–Trinajstić information content (AvgIpc) is 2.90. The summed E-state index contributed by atoms with van der Waals surface area (Å²) in [6.07, 6.45) is 2.55. The van der Waals surface area contributed by atoms with Gasteiger partial charge < -0.3 is 4.90 Å². The van der Waals surface area contributed by atoms with E-state index in [1.807, 2.05) is 0 Å². The van der Waals surface area contributed by atoms with E-state index in [2.05, 4.69) is 65.6 Å². The molecule has 18 heavy (non-hydrogen) atoms. The molecule has 3 rings (SSSR count). The van der Waals surface area contributed by atoms with Crippen molar-refractivity contribution in [1.29, 1.82) is 0 Å². The highest BCUT2D eigenvalue weighted by Gasteiger charge is 2.25. The van der Waals surface area contributed by atoms with Crippen LogP contribution in [0, 0.1) is 0 Å². The molecule has 1 aliphatic heterocycles. The first-order chi connectivity index (χ1) is 8.45. The van der Waals surface area contributed by atoms with Gasteiger partial charge in [-0.1, -0.05) is 48.5 Å². The maximum Gasteiger partial charge on any atom is 0.0543 e. The maximum atomic E-state index is 2.52. The molecule has 0 unspecified atom stereocenters. The van der Waals surface area contributed by atoms with Gasteiger partial charge in [0.1, 0.15) is 0 Å². The molecule has 1 aliphatic rings. The third-order valence-corrected chi connectivity index (χ3v) is 3.52. The molecule has 0 amide bonds. The molecule has 0 aromatic heterocycles. The van der Waals surface area contributed by atoms with Gasteiger partial charge in [-0.25, -0.2) is 0 Å². The van der Waals surface area contributed by atoms with E-state index in [0.29, 0.717) is 6.04 Å². The summed E-state index contributed by atoms with van der Waals surface area (Å²) in [5.41, 5.74) is 2.78. The second-order valence-corrected chi connectivity index (χ2v) is 4.60. The molecular weight excluding hydrogens is 217 g/mol. The second kappa shape index (κ2) is 5.77. The van der Waals surface area contributed by atoms with Crippen LogP contribution in [0.3, 0.4) is 0 Å². The highest BCUT2D eigenvalue weighted by Crippen LogP contribution is 2.35. The van der Waals surface area contributed by atoms with Crippen molar-refractivity contribution in [2.24, 2.45) is 0 Å². The number of nitrogens with zero attached hydrogens (tertiary/aromatic N) is 1. The lowest BCUT2D eigenvalue weighted by atomic mass is 10.0. The summed E-state index contributed by atoms with van der Waals surface area (Å²) >= 11 is 0. The van der Waals surface area contributed by atoms with Gasteiger partial charge in [-0.15, -0.1) is 0 Å². The van der Waals surface area contributed by atoms with Crippen LogP contribution in [0.4, 0.5) is 5.69 Å². The van der Waals surface area contributed by atoms with Crippen molar-refractivity contribution in [2.75, 3.05) is 11.4 Å². The SMILES string of the molecule is [B].c1ccc([C@H]2CCCN2c2ccccc2)cc1. The van der Waals surface area contributed by atoms with E-state index in [1.165, 1.54) is 30.6 Å². The molecule has 2 heteroatoms. The lowest BCUT2D eigenvalue weighted by molar-refractivity contribution is 0.719. The maximum absolute atomic E-state index is 2.52. The molecule has 1 heterocycles. The fourth-order valence-electron chi connectivity index (χ4n) is 2.72. The van der Waals surface area contributed by atoms with Crippen LogP contribution in [-0.2, 0) is 0 Å². The normalized spacial score (nSPS) is 18.4. The van der Waals surface area contributed by atoms with E-state index in [9.17, 15) is 0 Å². The zero-order valence-corrected chi connectivity index (χ0v) is 10.5. The lowest BCUT2D eigenvalue weighted by Crippen LogP contribution is -2.22. The topological polar surface area (TPSA) is 3.24 Å². The standard InChI is InChI=1S/C16H17N.B/c1-3-8-14(9-4-1)16-12-7-13-17(16)15-10-5-2-6-11-15;/h1-6,8-11,16H,7,12-13H2;/t16-;/m1./s1. The molecule has 0 N–H and O–H groups in total. The molecule has 3 radical (unpaired) electrons. The Morgan fingerprint density at radius 2 is 1.44 bits per heavy atom. The predicted octanol–water partition coefficient (Wildman–Crippen LogP) is 3.65. The minimum atomic E-state index is 0. The molecule has 2 aromatic carbocycles. The minimum absolute atomic E-state index is 0. The number of anilines is 1. The molecule has 0 bridgehead atoms. The van der Waals surface area contributed by atoms with Crippen LogP contribution in [-0.4, -0.2) is 15.0 Å². The Morgan fingerprint density at radius 3 is 2.11 bits per heavy atom. The molecule has 89 valence electrons. The Balaban J connectivity index is 0.00000120. The summed E-state index contributed by atoms with van der Waals surface area (Å²) in [5.74, 6) is 0. The summed E-state index contributed by atoms with van der Waals surface area (Å²) < 4.78 is 0. The first kappa shape index (κ1) is 12.8. The monoisotopic (exact) mass is 234 g/mol. The van der Waals surface area contributed by atoms with Crippen molar-refractivity contribution in [3.05, 3.63) is 66.2 Å². The third-order valence-electron chi connectivity index (χ3n) is 3.52. The van der Waals surface area contributed by atoms with Crippen molar-refractivity contribution in [2.45, 2.75) is 18.9 Å². The largest absolute Gasteiger partial charge is 0.364 e. The number of hydrogen-bond acceptors (Lipinski definition) is 1. The fourth-order valence-corrected chi connectivity index (χ4v) is 2.72. The average molecular weight is 234 g/mol. The molecule has 1 fully saturated rings. The summed E-state index contributed by atoms with van der Waals surface area (Å²) in [6, 6.07) is 22.1. The molecular formula is C16H17BN. The first-order valence-electron chi connectivity index (χ1n) is 6.32. The highest BCUT2D eigenvalue weighted by molar-refractivity contribution is 5.75. The third kappa shape index (κ3) is 2.43. The summed E-state index contributed by atoms with van der Waals surface area (Å²) in [5, 5.41) is 0. The first-order valence-corrected chi connectivity index (χ1v) is 6.32. The number of para-hydroxylation sites is 1. The Morgan fingerprint density at radius 1 is 0.833 bits per heavy atom. The van der Waals surface area contributed by atoms with Crippen molar-refractivity contribution in [1.82, 2.24) is 0 Å². The van der Waals surface area contributed by atoms with Gasteiger partial charge in [0.15, 0.2) is 0 Å². The zero-order chi connectivity index (χ0) is 11.5. The number of benzene rings is 2. The quantitative estimate of drug-likeness (QED) is 0.717. The van der Waals surface area contributed by atoms with Gasteiger partial charge in [0.25, 0.3) is 0 Å². The number of rotatable bonds is 2. The van der Waals surface area contributed by atoms with Crippen molar-refractivity contribution < 1.29 is 0 Å². The molecule has 0 saturated carbocycles. The van der Waals surface area contributed by atoms with Crippen LogP contribution in [0.2, 0.25) is 0 Å². The van der Waals surface area contributed by atoms with Crippen LogP contribution >= 0.6 is 0 Å². The molecule has 1 atom stereocenters. The van der Waals surface area contributed by atoms with E-state index >= 15 is 0 Å². The van der Waals surface area contributed by atoms with Gasteiger partial charge >= 0.3 is 0 Å². The highest BCUT2D eigenvalue weighted by atomic mass is 15.2. The predicted molar refractivity (Wildman–Crippen MR) is 78.0 cm³/mol. The summed E-state index contributed by atoms with van der Waals surface area (Å²) in [6.45, 7) is 1.17. The Bertz CT molecular complexity index is 423. The van der Waals surface area contributed by atoms with Crippen LogP contribution in [0.5, 0.6) is 0 Å². The summed E-state index contributed by atoms with van der Waals surface area (Å²) in [7, 11) is 0. The number of hydrogen-bond donors (Lipinski definition) is 0. The van der Waals surface area contributed by atoms with Crippen LogP contribution in [0.1, 0.15) is 24.4 Å². The van der Waals surface area contributed by atoms with Crippen LogP contribution < -0.4 is 4.90 Å². The Kier molecular flexibility index (Phi) is 4.09. The van der Waals surface area contributed by atoms with Crippen LogP contribution in [0.25, 0.3) is 0 Å². The van der Waals surface area contributed by atoms with Crippen molar-refractivity contribution in [3.63, 3.8) is 0 Å². The second-order valence-electron chi connectivity index (χ2n) is 4.60. The van der Waals surface area contributed by atoms with Crippen LogP contribution in [0.15, 0.2) is 60.7 Å². The van der Waals surface area contributed by atoms with Gasteiger partial charge in [-0.05, 0) is 30.5 Å². The van der Waals surface area contributed by atoms with Gasteiger partial charge in [-0.2, -0.15) is 0 Å². The Labute approximate surface area is 111 Å². The molecule has 0 aliphatic carbocycles. The smallest absolute Gasteiger partial charge is 0.0543 e. The Hall–Kier alpha value is -1.70. The molecule has 1 saturated heterocycles. The van der Waals surface area contributed by atoms with E-state index in [-0.39, 0.29) is 8.41 Å². The van der Waals surface area contributed by atoms with Gasteiger partial charge in [0.2, 0.25) is 0 Å². The van der Waals surface area contributed by atoms with E-state index in [4.69, 9.17) is 0 Å². The molecule has 0 spiro atoms. The summed E-state index contributed by atoms with van der Waals surface area (Å²) in [4.78, 5) is 2.52. The van der Waals surface area contributed by atoms with E-state index in [1.54, 1.807) is 0 Å². The molecule has 1 nitrogen and oxygen atoms in total. The van der Waals surface area contributed by atoms with Gasteiger partial charge in [0.05, 0.1) is 6.04 Å². The zero-order valence-electron chi connectivity index (χ0n) is 10.5. The van der Waals surface area contributed by atoms with Crippen molar-refractivity contribution in [3.8, 4) is 0 Å². The van der Waals surface area contributed by atoms with Crippen molar-refractivity contribution >= 4 is 14.1 Å². The lowest BCUT2D eigenvalue weighted by Gasteiger charge is -2.27. The van der Waals surface area contributed by atoms with E-state index < -0.39 is 0 Å². The van der Waals surface area contributed by atoms with Gasteiger partial charge in [-0.3, -0.25) is 0 Å². The molecule has 2 aromatic rings.